The maximum atomic E-state index is 12.5. The fourth-order valence-corrected chi connectivity index (χ4v) is 6.01. The molecular weight excluding hydrogens is 374 g/mol. The maximum absolute atomic E-state index is 12.5. The second-order valence-corrected chi connectivity index (χ2v) is 9.52. The number of hydrogen-bond acceptors (Lipinski definition) is 4. The molecule has 6 nitrogen and oxygen atoms in total. The van der Waals surface area contributed by atoms with Crippen LogP contribution in [0.5, 0.6) is 0 Å². The van der Waals surface area contributed by atoms with E-state index in [0.717, 1.165) is 55.4 Å². The average molecular weight is 410 g/mol. The lowest BCUT2D eigenvalue weighted by Gasteiger charge is -2.29. The summed E-state index contributed by atoms with van der Waals surface area (Å²) in [4.78, 5) is 22.1. The molecule has 162 valence electrons. The number of hydrogen-bond donors (Lipinski definition) is 0. The Morgan fingerprint density at radius 3 is 2.57 bits per heavy atom. The van der Waals surface area contributed by atoms with Crippen molar-refractivity contribution in [3.8, 4) is 0 Å². The van der Waals surface area contributed by atoms with Crippen molar-refractivity contribution in [1.29, 1.82) is 0 Å². The second-order valence-electron chi connectivity index (χ2n) is 9.52. The Kier molecular flexibility index (Phi) is 5.52. The number of likely N-dealkylation sites (tertiary alicyclic amines) is 2. The molecule has 0 radical (unpaired) electrons. The predicted octanol–water partition coefficient (Wildman–Crippen LogP) is 3.98. The summed E-state index contributed by atoms with van der Waals surface area (Å²) < 4.78 is 2.03. The van der Waals surface area contributed by atoms with Crippen LogP contribution in [-0.2, 0) is 11.2 Å². The van der Waals surface area contributed by atoms with Gasteiger partial charge in [0, 0.05) is 43.0 Å². The molecule has 0 spiro atoms. The van der Waals surface area contributed by atoms with Crippen molar-refractivity contribution in [2.45, 2.75) is 90.1 Å². The third kappa shape index (κ3) is 3.64. The molecule has 2 saturated heterocycles. The molecule has 1 amide bonds. The van der Waals surface area contributed by atoms with Gasteiger partial charge in [-0.15, -0.1) is 0 Å². The molecule has 1 aliphatic carbocycles. The Morgan fingerprint density at radius 1 is 1.03 bits per heavy atom. The molecular formula is C24H35N5O. The SMILES string of the molecule is Cc1nc2cc([C@@H]3CCCN3C3CCCC3)nn2c(C)c1CCC(=O)N1CCCC1. The van der Waals surface area contributed by atoms with Gasteiger partial charge in [0.05, 0.1) is 11.7 Å². The van der Waals surface area contributed by atoms with Crippen LogP contribution in [0, 0.1) is 13.8 Å². The third-order valence-corrected chi connectivity index (χ3v) is 7.66. The minimum absolute atomic E-state index is 0.283. The highest BCUT2D eigenvalue weighted by Crippen LogP contribution is 2.38. The smallest absolute Gasteiger partial charge is 0.222 e. The summed E-state index contributed by atoms with van der Waals surface area (Å²) in [7, 11) is 0. The van der Waals surface area contributed by atoms with Crippen molar-refractivity contribution in [2.24, 2.45) is 0 Å². The van der Waals surface area contributed by atoms with Crippen LogP contribution >= 0.6 is 0 Å². The number of carbonyl (C=O) groups excluding carboxylic acids is 1. The summed E-state index contributed by atoms with van der Waals surface area (Å²) in [5, 5.41) is 5.04. The van der Waals surface area contributed by atoms with E-state index >= 15 is 0 Å². The molecule has 2 aliphatic heterocycles. The molecule has 2 aromatic rings. The summed E-state index contributed by atoms with van der Waals surface area (Å²) in [6.07, 6.45) is 11.5. The molecule has 0 unspecified atom stereocenters. The normalized spacial score (nSPS) is 23.3. The molecule has 0 N–H and O–H groups in total. The first-order valence-corrected chi connectivity index (χ1v) is 12.0. The van der Waals surface area contributed by atoms with Crippen molar-refractivity contribution in [1.82, 2.24) is 24.4 Å². The van der Waals surface area contributed by atoms with Gasteiger partial charge in [0.25, 0.3) is 0 Å². The number of amides is 1. The van der Waals surface area contributed by atoms with E-state index in [1.54, 1.807) is 0 Å². The number of aromatic nitrogens is 3. The Morgan fingerprint density at radius 2 is 1.80 bits per heavy atom. The van der Waals surface area contributed by atoms with E-state index in [1.807, 2.05) is 9.42 Å². The van der Waals surface area contributed by atoms with Gasteiger partial charge in [0.2, 0.25) is 5.91 Å². The largest absolute Gasteiger partial charge is 0.343 e. The van der Waals surface area contributed by atoms with E-state index in [0.29, 0.717) is 12.5 Å². The van der Waals surface area contributed by atoms with Gasteiger partial charge in [-0.2, -0.15) is 5.10 Å². The van der Waals surface area contributed by atoms with Crippen LogP contribution in [0.2, 0.25) is 0 Å². The quantitative estimate of drug-likeness (QED) is 0.750. The zero-order chi connectivity index (χ0) is 20.7. The minimum atomic E-state index is 0.283. The van der Waals surface area contributed by atoms with Gasteiger partial charge < -0.3 is 4.90 Å². The summed E-state index contributed by atoms with van der Waals surface area (Å²) in [6, 6.07) is 3.39. The van der Waals surface area contributed by atoms with Crippen LogP contribution < -0.4 is 0 Å². The Balaban J connectivity index is 1.38. The summed E-state index contributed by atoms with van der Waals surface area (Å²) in [5.74, 6) is 0.283. The first-order chi connectivity index (χ1) is 14.6. The molecule has 1 atom stereocenters. The van der Waals surface area contributed by atoms with Crippen LogP contribution in [0.1, 0.15) is 86.5 Å². The summed E-state index contributed by atoms with van der Waals surface area (Å²) in [5.41, 5.74) is 5.50. The van der Waals surface area contributed by atoms with E-state index < -0.39 is 0 Å². The zero-order valence-electron chi connectivity index (χ0n) is 18.6. The highest BCUT2D eigenvalue weighted by Gasteiger charge is 2.34. The van der Waals surface area contributed by atoms with E-state index in [2.05, 4.69) is 24.8 Å². The zero-order valence-corrected chi connectivity index (χ0v) is 18.6. The fraction of sp³-hybridized carbons (Fsp3) is 0.708. The highest BCUT2D eigenvalue weighted by molar-refractivity contribution is 5.76. The number of aryl methyl sites for hydroxylation is 2. The lowest BCUT2D eigenvalue weighted by Crippen LogP contribution is -2.32. The van der Waals surface area contributed by atoms with Crippen molar-refractivity contribution in [2.75, 3.05) is 19.6 Å². The Bertz CT molecular complexity index is 923. The van der Waals surface area contributed by atoms with Crippen molar-refractivity contribution in [3.05, 3.63) is 28.7 Å². The first-order valence-electron chi connectivity index (χ1n) is 12.0. The van der Waals surface area contributed by atoms with Crippen LogP contribution in [0.15, 0.2) is 6.07 Å². The third-order valence-electron chi connectivity index (χ3n) is 7.66. The van der Waals surface area contributed by atoms with Gasteiger partial charge in [-0.25, -0.2) is 9.50 Å². The van der Waals surface area contributed by atoms with Gasteiger partial charge >= 0.3 is 0 Å². The molecule has 0 aromatic carbocycles. The number of nitrogens with zero attached hydrogens (tertiary/aromatic N) is 5. The second kappa shape index (κ2) is 8.29. The van der Waals surface area contributed by atoms with Gasteiger partial charge in [0.1, 0.15) is 0 Å². The lowest BCUT2D eigenvalue weighted by atomic mass is 10.1. The first kappa shape index (κ1) is 20.0. The van der Waals surface area contributed by atoms with Crippen LogP contribution in [0.4, 0.5) is 0 Å². The number of fused-ring (bicyclic) bond motifs is 1. The van der Waals surface area contributed by atoms with Crippen molar-refractivity contribution in [3.63, 3.8) is 0 Å². The maximum Gasteiger partial charge on any atom is 0.222 e. The van der Waals surface area contributed by atoms with Gasteiger partial charge in [0.15, 0.2) is 5.65 Å². The Hall–Kier alpha value is -1.95. The predicted molar refractivity (Wildman–Crippen MR) is 118 cm³/mol. The van der Waals surface area contributed by atoms with Crippen molar-refractivity contribution < 1.29 is 4.79 Å². The van der Waals surface area contributed by atoms with Crippen LogP contribution in [0.25, 0.3) is 5.65 Å². The minimum Gasteiger partial charge on any atom is -0.343 e. The molecule has 6 heteroatoms. The van der Waals surface area contributed by atoms with Gasteiger partial charge in [-0.05, 0) is 70.9 Å². The van der Waals surface area contributed by atoms with Crippen LogP contribution in [0.3, 0.4) is 0 Å². The van der Waals surface area contributed by atoms with Crippen LogP contribution in [-0.4, -0.2) is 56.0 Å². The number of carbonyl (C=O) groups is 1. The van der Waals surface area contributed by atoms with Gasteiger partial charge in [-0.3, -0.25) is 9.69 Å². The summed E-state index contributed by atoms with van der Waals surface area (Å²) >= 11 is 0. The molecule has 30 heavy (non-hydrogen) atoms. The van der Waals surface area contributed by atoms with E-state index in [4.69, 9.17) is 10.1 Å². The molecule has 3 fully saturated rings. The van der Waals surface area contributed by atoms with Gasteiger partial charge in [-0.1, -0.05) is 12.8 Å². The molecule has 5 rings (SSSR count). The molecule has 0 bridgehead atoms. The Labute approximate surface area is 179 Å². The monoisotopic (exact) mass is 409 g/mol. The number of rotatable bonds is 5. The van der Waals surface area contributed by atoms with E-state index in [9.17, 15) is 4.79 Å². The average Bonchev–Trinajstić information content (AvgIpc) is 3.53. The standard InChI is InChI=1S/C24H35N5O/c1-17-20(11-12-24(30)27-13-5-6-14-27)18(2)29-23(25-17)16-21(26-29)22-10-7-15-28(22)19-8-3-4-9-19/h16,19,22H,3-15H2,1-2H3/t22-/m0/s1. The topological polar surface area (TPSA) is 53.7 Å². The molecule has 3 aliphatic rings. The highest BCUT2D eigenvalue weighted by atomic mass is 16.2. The molecule has 4 heterocycles. The molecule has 2 aromatic heterocycles. The fourth-order valence-electron chi connectivity index (χ4n) is 6.01. The summed E-state index contributed by atoms with van der Waals surface area (Å²) in [6.45, 7) is 7.27. The van der Waals surface area contributed by atoms with Crippen molar-refractivity contribution >= 4 is 11.6 Å². The van der Waals surface area contributed by atoms with E-state index in [1.165, 1.54) is 56.3 Å². The van der Waals surface area contributed by atoms with E-state index in [-0.39, 0.29) is 5.91 Å². The molecule has 1 saturated carbocycles. The lowest BCUT2D eigenvalue weighted by molar-refractivity contribution is -0.130.